The van der Waals surface area contributed by atoms with Crippen LogP contribution >= 0.6 is 31.9 Å². The lowest BCUT2D eigenvalue weighted by Crippen LogP contribution is -1.87. The highest BCUT2D eigenvalue weighted by Gasteiger charge is 2.14. The lowest BCUT2D eigenvalue weighted by Gasteiger charge is -1.98. The predicted octanol–water partition coefficient (Wildman–Crippen LogP) is 4.03. The van der Waals surface area contributed by atoms with Crippen LogP contribution in [0.5, 0.6) is 5.75 Å². The molecule has 0 bridgehead atoms. The van der Waals surface area contributed by atoms with Crippen molar-refractivity contribution in [2.75, 3.05) is 0 Å². The van der Waals surface area contributed by atoms with Gasteiger partial charge in [-0.1, -0.05) is 5.16 Å². The normalized spacial score (nSPS) is 10.7. The molecule has 0 atom stereocenters. The Balaban J connectivity index is 1.99. The van der Waals surface area contributed by atoms with Crippen molar-refractivity contribution in [2.45, 2.75) is 0 Å². The van der Waals surface area contributed by atoms with Crippen LogP contribution in [0.4, 0.5) is 0 Å². The molecule has 0 unspecified atom stereocenters. The summed E-state index contributed by atoms with van der Waals surface area (Å²) >= 11 is 6.75. The molecule has 1 N–H and O–H groups in total. The molecule has 2 aromatic heterocycles. The fraction of sp³-hybridized carbons (Fsp3) is 0. The molecule has 0 aliphatic carbocycles. The third-order valence-electron chi connectivity index (χ3n) is 2.56. The lowest BCUT2D eigenvalue weighted by molar-refractivity contribution is 0.432. The lowest BCUT2D eigenvalue weighted by atomic mass is 10.2. The van der Waals surface area contributed by atoms with Gasteiger partial charge in [-0.2, -0.15) is 4.98 Å². The zero-order valence-electron chi connectivity index (χ0n) is 9.92. The van der Waals surface area contributed by atoms with Gasteiger partial charge in [-0.25, -0.2) is 0 Å². The molecule has 5 nitrogen and oxygen atoms in total. The largest absolute Gasteiger partial charge is 0.508 e. The zero-order valence-corrected chi connectivity index (χ0v) is 13.1. The van der Waals surface area contributed by atoms with Crippen LogP contribution in [0.1, 0.15) is 0 Å². The van der Waals surface area contributed by atoms with Gasteiger partial charge in [0.25, 0.3) is 5.89 Å². The van der Waals surface area contributed by atoms with Gasteiger partial charge in [-0.3, -0.25) is 4.98 Å². The minimum Gasteiger partial charge on any atom is -0.508 e. The Bertz CT molecular complexity index is 757. The molecule has 3 aromatic rings. The summed E-state index contributed by atoms with van der Waals surface area (Å²) in [6.45, 7) is 0. The first-order valence-electron chi connectivity index (χ1n) is 5.58. The van der Waals surface area contributed by atoms with Crippen LogP contribution in [0.25, 0.3) is 23.0 Å². The first-order chi connectivity index (χ1) is 9.63. The van der Waals surface area contributed by atoms with E-state index >= 15 is 0 Å². The Morgan fingerprint density at radius 2 is 1.85 bits per heavy atom. The van der Waals surface area contributed by atoms with Crippen molar-refractivity contribution < 1.29 is 9.63 Å². The number of aromatic nitrogens is 3. The average molecular weight is 397 g/mol. The number of phenols is 1. The number of phenolic OH excluding ortho intramolecular Hbond substituents is 1. The van der Waals surface area contributed by atoms with E-state index in [1.165, 1.54) is 0 Å². The smallest absolute Gasteiger partial charge is 0.258 e. The molecule has 0 amide bonds. The Kier molecular flexibility index (Phi) is 3.54. The van der Waals surface area contributed by atoms with E-state index < -0.39 is 0 Å². The first-order valence-corrected chi connectivity index (χ1v) is 7.16. The minimum atomic E-state index is 0.186. The van der Waals surface area contributed by atoms with Crippen LogP contribution in [0.2, 0.25) is 0 Å². The van der Waals surface area contributed by atoms with Gasteiger partial charge in [0.1, 0.15) is 11.4 Å². The quantitative estimate of drug-likeness (QED) is 0.707. The fourth-order valence-electron chi connectivity index (χ4n) is 1.62. The van der Waals surface area contributed by atoms with E-state index in [1.54, 1.807) is 30.5 Å². The Morgan fingerprint density at radius 1 is 1.10 bits per heavy atom. The van der Waals surface area contributed by atoms with Crippen molar-refractivity contribution in [1.29, 1.82) is 0 Å². The van der Waals surface area contributed by atoms with Crippen LogP contribution in [-0.2, 0) is 0 Å². The molecular weight excluding hydrogens is 390 g/mol. The molecular formula is C13H7Br2N3O2. The Morgan fingerprint density at radius 3 is 2.55 bits per heavy atom. The van der Waals surface area contributed by atoms with Gasteiger partial charge >= 0.3 is 0 Å². The van der Waals surface area contributed by atoms with Gasteiger partial charge < -0.3 is 9.63 Å². The summed E-state index contributed by atoms with van der Waals surface area (Å²) in [5, 5.41) is 13.2. The number of hydrogen-bond donors (Lipinski definition) is 1. The van der Waals surface area contributed by atoms with E-state index in [-0.39, 0.29) is 5.75 Å². The second-order valence-electron chi connectivity index (χ2n) is 3.95. The summed E-state index contributed by atoms with van der Waals surface area (Å²) in [6, 6.07) is 8.40. The van der Waals surface area contributed by atoms with Gasteiger partial charge in [0.15, 0.2) is 0 Å². The van der Waals surface area contributed by atoms with Crippen LogP contribution in [-0.4, -0.2) is 20.2 Å². The zero-order chi connectivity index (χ0) is 14.1. The minimum absolute atomic E-state index is 0.186. The monoisotopic (exact) mass is 395 g/mol. The molecule has 0 saturated heterocycles. The van der Waals surface area contributed by atoms with Crippen LogP contribution in [0.15, 0.2) is 50.0 Å². The van der Waals surface area contributed by atoms with Crippen LogP contribution in [0.3, 0.4) is 0 Å². The summed E-state index contributed by atoms with van der Waals surface area (Å²) in [7, 11) is 0. The van der Waals surface area contributed by atoms with Gasteiger partial charge in [-0.15, -0.1) is 0 Å². The third kappa shape index (κ3) is 2.59. The highest BCUT2D eigenvalue weighted by Crippen LogP contribution is 2.28. The maximum absolute atomic E-state index is 9.26. The number of halogens is 2. The molecule has 7 heteroatoms. The van der Waals surface area contributed by atoms with E-state index in [1.807, 2.05) is 6.07 Å². The summed E-state index contributed by atoms with van der Waals surface area (Å²) < 4.78 is 6.84. The number of nitrogens with zero attached hydrogens (tertiary/aromatic N) is 3. The van der Waals surface area contributed by atoms with E-state index in [2.05, 4.69) is 47.0 Å². The topological polar surface area (TPSA) is 72.0 Å². The van der Waals surface area contributed by atoms with Crippen LogP contribution < -0.4 is 0 Å². The van der Waals surface area contributed by atoms with Gasteiger partial charge in [0.05, 0.1) is 0 Å². The van der Waals surface area contributed by atoms with Crippen molar-refractivity contribution >= 4 is 31.9 Å². The highest BCUT2D eigenvalue weighted by molar-refractivity contribution is 9.11. The van der Waals surface area contributed by atoms with Gasteiger partial charge in [-0.05, 0) is 62.2 Å². The number of pyridine rings is 1. The summed E-state index contributed by atoms with van der Waals surface area (Å²) in [6.07, 6.45) is 1.66. The van der Waals surface area contributed by atoms with Crippen molar-refractivity contribution in [2.24, 2.45) is 0 Å². The molecule has 0 aliphatic rings. The van der Waals surface area contributed by atoms with Gasteiger partial charge in [0.2, 0.25) is 5.82 Å². The molecule has 1 aromatic carbocycles. The van der Waals surface area contributed by atoms with Crippen LogP contribution in [0, 0.1) is 0 Å². The molecule has 0 fully saturated rings. The van der Waals surface area contributed by atoms with E-state index in [0.717, 1.165) is 14.5 Å². The Labute approximate surface area is 130 Å². The first kappa shape index (κ1) is 13.3. The van der Waals surface area contributed by atoms with E-state index in [9.17, 15) is 5.11 Å². The third-order valence-corrected chi connectivity index (χ3v) is 3.60. The summed E-state index contributed by atoms with van der Waals surface area (Å²) in [4.78, 5) is 8.55. The standard InChI is InChI=1S/C13H7Br2N3O2/c14-8-5-10(15)11(16-6-8)12-17-13(20-18-12)7-1-3-9(19)4-2-7/h1-6,19H. The second-order valence-corrected chi connectivity index (χ2v) is 5.72. The van der Waals surface area contributed by atoms with Crippen molar-refractivity contribution in [1.82, 2.24) is 15.1 Å². The maximum Gasteiger partial charge on any atom is 0.258 e. The SMILES string of the molecule is Oc1ccc(-c2nc(-c3ncc(Br)cc3Br)no2)cc1. The summed E-state index contributed by atoms with van der Waals surface area (Å²) in [5.74, 6) is 0.954. The molecule has 2 heterocycles. The number of benzene rings is 1. The number of rotatable bonds is 2. The molecule has 3 rings (SSSR count). The molecule has 0 aliphatic heterocycles. The number of hydrogen-bond acceptors (Lipinski definition) is 5. The van der Waals surface area contributed by atoms with Gasteiger partial charge in [0, 0.05) is 20.7 Å². The molecule has 20 heavy (non-hydrogen) atoms. The Hall–Kier alpha value is -1.73. The fourth-order valence-corrected chi connectivity index (χ4v) is 2.78. The number of aromatic hydroxyl groups is 1. The van der Waals surface area contributed by atoms with Crippen molar-refractivity contribution in [3.8, 4) is 28.7 Å². The second kappa shape index (κ2) is 5.34. The van der Waals surface area contributed by atoms with Crippen molar-refractivity contribution in [3.05, 3.63) is 45.5 Å². The molecule has 100 valence electrons. The molecule has 0 spiro atoms. The molecule has 0 saturated carbocycles. The average Bonchev–Trinajstić information content (AvgIpc) is 2.89. The molecule has 0 radical (unpaired) electrons. The van der Waals surface area contributed by atoms with E-state index in [0.29, 0.717) is 17.4 Å². The van der Waals surface area contributed by atoms with Crippen molar-refractivity contribution in [3.63, 3.8) is 0 Å². The predicted molar refractivity (Wildman–Crippen MR) is 80.0 cm³/mol. The summed E-state index contributed by atoms with van der Waals surface area (Å²) in [5.41, 5.74) is 1.33. The highest BCUT2D eigenvalue weighted by atomic mass is 79.9. The maximum atomic E-state index is 9.26. The van der Waals surface area contributed by atoms with E-state index in [4.69, 9.17) is 4.52 Å².